The molecule has 0 unspecified atom stereocenters. The molecule has 3 rings (SSSR count). The third kappa shape index (κ3) is 4.46. The summed E-state index contributed by atoms with van der Waals surface area (Å²) in [7, 11) is 1.68. The summed E-state index contributed by atoms with van der Waals surface area (Å²) >= 11 is 4.90. The molecule has 2 heterocycles. The number of nitrogens with zero attached hydrogens (tertiary/aromatic N) is 3. The predicted molar refractivity (Wildman–Crippen MR) is 98.3 cm³/mol. The molecule has 0 saturated carbocycles. The summed E-state index contributed by atoms with van der Waals surface area (Å²) in [6, 6.07) is 11.2. The van der Waals surface area contributed by atoms with Crippen molar-refractivity contribution in [2.24, 2.45) is 0 Å². The van der Waals surface area contributed by atoms with E-state index in [1.165, 1.54) is 16.2 Å². The predicted octanol–water partition coefficient (Wildman–Crippen LogP) is 3.99. The van der Waals surface area contributed by atoms with Crippen molar-refractivity contribution in [3.8, 4) is 16.5 Å². The van der Waals surface area contributed by atoms with Gasteiger partial charge in [-0.25, -0.2) is 0 Å². The zero-order valence-electron chi connectivity index (χ0n) is 13.7. The second kappa shape index (κ2) is 7.79. The van der Waals surface area contributed by atoms with Crippen LogP contribution in [0.3, 0.4) is 0 Å². The molecule has 0 N–H and O–H groups in total. The van der Waals surface area contributed by atoms with E-state index in [-0.39, 0.29) is 12.5 Å². The van der Waals surface area contributed by atoms with Crippen molar-refractivity contribution in [2.75, 3.05) is 7.05 Å². The van der Waals surface area contributed by atoms with Gasteiger partial charge < -0.3 is 14.2 Å². The fourth-order valence-electron chi connectivity index (χ4n) is 2.18. The molecule has 1 atom stereocenters. The second-order valence-corrected chi connectivity index (χ2v) is 7.26. The topological polar surface area (TPSA) is 68.5 Å². The number of benzene rings is 1. The van der Waals surface area contributed by atoms with Gasteiger partial charge in [-0.3, -0.25) is 4.79 Å². The van der Waals surface area contributed by atoms with Crippen molar-refractivity contribution in [2.45, 2.75) is 19.6 Å². The highest BCUT2D eigenvalue weighted by Gasteiger charge is 2.21. The van der Waals surface area contributed by atoms with Crippen LogP contribution in [0.5, 0.6) is 5.75 Å². The Balaban J connectivity index is 1.59. The average Bonchev–Trinajstić information content (AvgIpc) is 3.27. The van der Waals surface area contributed by atoms with Gasteiger partial charge in [-0.1, -0.05) is 27.2 Å². The molecule has 0 spiro atoms. The largest absolute Gasteiger partial charge is 0.481 e. The molecule has 1 amide bonds. The summed E-state index contributed by atoms with van der Waals surface area (Å²) in [6.45, 7) is 1.94. The third-order valence-electron chi connectivity index (χ3n) is 3.43. The first-order valence-corrected chi connectivity index (χ1v) is 9.24. The number of hydrogen-bond acceptors (Lipinski definition) is 6. The molecular formula is C17H16BrN3O3S. The molecule has 0 aliphatic rings. The van der Waals surface area contributed by atoms with Crippen LogP contribution in [0.25, 0.3) is 10.7 Å². The van der Waals surface area contributed by atoms with Crippen LogP contribution in [-0.4, -0.2) is 34.1 Å². The minimum atomic E-state index is -0.620. The fraction of sp³-hybridized carbons (Fsp3) is 0.235. The highest BCUT2D eigenvalue weighted by molar-refractivity contribution is 9.10. The lowest BCUT2D eigenvalue weighted by molar-refractivity contribution is -0.137. The number of ether oxygens (including phenoxy) is 1. The Morgan fingerprint density at radius 1 is 1.36 bits per heavy atom. The normalized spacial score (nSPS) is 12.0. The van der Waals surface area contributed by atoms with E-state index in [2.05, 4.69) is 26.1 Å². The first kappa shape index (κ1) is 17.6. The van der Waals surface area contributed by atoms with Crippen LogP contribution in [0.2, 0.25) is 0 Å². The summed E-state index contributed by atoms with van der Waals surface area (Å²) in [6.07, 6.45) is -0.620. The maximum absolute atomic E-state index is 12.5. The van der Waals surface area contributed by atoms with Crippen LogP contribution in [0.15, 0.2) is 50.8 Å². The van der Waals surface area contributed by atoms with Crippen LogP contribution >= 0.6 is 27.3 Å². The molecule has 0 aliphatic heterocycles. The summed E-state index contributed by atoms with van der Waals surface area (Å²) in [4.78, 5) is 19.2. The van der Waals surface area contributed by atoms with Gasteiger partial charge in [0, 0.05) is 11.5 Å². The summed E-state index contributed by atoms with van der Waals surface area (Å²) in [5.41, 5.74) is 0. The third-order valence-corrected chi connectivity index (χ3v) is 4.83. The second-order valence-electron chi connectivity index (χ2n) is 5.40. The number of likely N-dealkylation sites (N-methyl/N-ethyl adjacent to an activating group) is 1. The summed E-state index contributed by atoms with van der Waals surface area (Å²) in [5, 5.41) is 5.89. The lowest BCUT2D eigenvalue weighted by Crippen LogP contribution is -2.37. The minimum absolute atomic E-state index is 0.168. The number of aromatic nitrogens is 2. The lowest BCUT2D eigenvalue weighted by Gasteiger charge is -2.20. The molecule has 0 bridgehead atoms. The van der Waals surface area contributed by atoms with Gasteiger partial charge in [0.15, 0.2) is 6.10 Å². The number of rotatable bonds is 6. The number of carbonyl (C=O) groups is 1. The van der Waals surface area contributed by atoms with Gasteiger partial charge >= 0.3 is 0 Å². The van der Waals surface area contributed by atoms with E-state index in [0.29, 0.717) is 17.5 Å². The number of halogens is 1. The maximum atomic E-state index is 12.5. The van der Waals surface area contributed by atoms with Crippen molar-refractivity contribution < 1.29 is 14.1 Å². The summed E-state index contributed by atoms with van der Waals surface area (Å²) < 4.78 is 11.9. The Hall–Kier alpha value is -2.19. The first-order chi connectivity index (χ1) is 12.0. The zero-order chi connectivity index (χ0) is 17.8. The van der Waals surface area contributed by atoms with Gasteiger partial charge in [-0.15, -0.1) is 11.3 Å². The van der Waals surface area contributed by atoms with Gasteiger partial charge in [0.25, 0.3) is 5.91 Å². The zero-order valence-corrected chi connectivity index (χ0v) is 16.1. The molecule has 0 aliphatic carbocycles. The van der Waals surface area contributed by atoms with E-state index in [0.717, 1.165) is 9.35 Å². The highest BCUT2D eigenvalue weighted by Crippen LogP contribution is 2.22. The van der Waals surface area contributed by atoms with Crippen LogP contribution in [0.4, 0.5) is 0 Å². The van der Waals surface area contributed by atoms with E-state index in [9.17, 15) is 4.79 Å². The van der Waals surface area contributed by atoms with Crippen molar-refractivity contribution in [3.05, 3.63) is 52.1 Å². The Labute approximate surface area is 157 Å². The Bertz CT molecular complexity index is 833. The molecule has 6 nitrogen and oxygen atoms in total. The maximum Gasteiger partial charge on any atom is 0.263 e. The van der Waals surface area contributed by atoms with E-state index in [1.54, 1.807) is 26.1 Å². The number of hydrogen-bond donors (Lipinski definition) is 0. The van der Waals surface area contributed by atoms with Crippen LogP contribution in [0, 0.1) is 0 Å². The molecule has 1 aromatic carbocycles. The lowest BCUT2D eigenvalue weighted by atomic mass is 10.3. The monoisotopic (exact) mass is 421 g/mol. The molecular weight excluding hydrogens is 406 g/mol. The van der Waals surface area contributed by atoms with Crippen molar-refractivity contribution in [3.63, 3.8) is 0 Å². The van der Waals surface area contributed by atoms with Crippen molar-refractivity contribution in [1.29, 1.82) is 0 Å². The molecule has 25 heavy (non-hydrogen) atoms. The molecule has 130 valence electrons. The Morgan fingerprint density at radius 3 is 2.80 bits per heavy atom. The standard InChI is InChI=1S/C17H16BrN3O3S/c1-11(23-13-7-5-12(18)6-8-13)17(22)21(2)10-15-19-16(20-24-15)14-4-3-9-25-14/h3-9,11H,10H2,1-2H3/t11-/m0/s1. The molecule has 0 saturated heterocycles. The fourth-order valence-corrected chi connectivity index (χ4v) is 3.10. The van der Waals surface area contributed by atoms with Crippen LogP contribution < -0.4 is 4.74 Å². The minimum Gasteiger partial charge on any atom is -0.481 e. The van der Waals surface area contributed by atoms with E-state index in [1.807, 2.05) is 29.6 Å². The van der Waals surface area contributed by atoms with Gasteiger partial charge in [0.2, 0.25) is 11.7 Å². The highest BCUT2D eigenvalue weighted by atomic mass is 79.9. The summed E-state index contributed by atoms with van der Waals surface area (Å²) in [5.74, 6) is 1.38. The van der Waals surface area contributed by atoms with Crippen molar-refractivity contribution in [1.82, 2.24) is 15.0 Å². The first-order valence-electron chi connectivity index (χ1n) is 7.56. The van der Waals surface area contributed by atoms with Crippen molar-refractivity contribution >= 4 is 33.2 Å². The average molecular weight is 422 g/mol. The van der Waals surface area contributed by atoms with E-state index < -0.39 is 6.10 Å². The molecule has 3 aromatic rings. The van der Waals surface area contributed by atoms with Gasteiger partial charge in [-0.05, 0) is 42.6 Å². The molecule has 0 fully saturated rings. The SMILES string of the molecule is C[C@H](Oc1ccc(Br)cc1)C(=O)N(C)Cc1nc(-c2cccs2)no1. The number of amides is 1. The van der Waals surface area contributed by atoms with Crippen LogP contribution in [0.1, 0.15) is 12.8 Å². The smallest absolute Gasteiger partial charge is 0.263 e. The van der Waals surface area contributed by atoms with Gasteiger partial charge in [-0.2, -0.15) is 4.98 Å². The van der Waals surface area contributed by atoms with Crippen LogP contribution in [-0.2, 0) is 11.3 Å². The number of thiophene rings is 1. The molecule has 2 aromatic heterocycles. The van der Waals surface area contributed by atoms with Gasteiger partial charge in [0.1, 0.15) is 5.75 Å². The Kier molecular flexibility index (Phi) is 5.50. The quantitative estimate of drug-likeness (QED) is 0.601. The van der Waals surface area contributed by atoms with Gasteiger partial charge in [0.05, 0.1) is 11.4 Å². The Morgan fingerprint density at radius 2 is 2.12 bits per heavy atom. The number of carbonyl (C=O) groups excluding carboxylic acids is 1. The van der Waals surface area contributed by atoms with E-state index in [4.69, 9.17) is 9.26 Å². The van der Waals surface area contributed by atoms with E-state index >= 15 is 0 Å². The molecule has 8 heteroatoms. The molecule has 0 radical (unpaired) electrons.